The molecule has 0 unspecified atom stereocenters. The lowest BCUT2D eigenvalue weighted by Crippen LogP contribution is -2.41. The molecule has 0 spiro atoms. The maximum absolute atomic E-state index is 11.3. The van der Waals surface area contributed by atoms with Crippen LogP contribution in [0, 0.1) is 0 Å². The van der Waals surface area contributed by atoms with Gasteiger partial charge in [0, 0.05) is 31.7 Å². The van der Waals surface area contributed by atoms with Crippen molar-refractivity contribution in [3.63, 3.8) is 0 Å². The predicted octanol–water partition coefficient (Wildman–Crippen LogP) is 1.54. The van der Waals surface area contributed by atoms with Crippen molar-refractivity contribution in [2.75, 3.05) is 13.1 Å². The Morgan fingerprint density at radius 1 is 1.22 bits per heavy atom. The molecule has 1 amide bonds. The molecule has 2 fully saturated rings. The van der Waals surface area contributed by atoms with Crippen LogP contribution in [-0.4, -0.2) is 54.5 Å². The van der Waals surface area contributed by atoms with Gasteiger partial charge < -0.3 is 19.9 Å². The van der Waals surface area contributed by atoms with Crippen LogP contribution in [0.5, 0.6) is 0 Å². The molecule has 128 valence electrons. The summed E-state index contributed by atoms with van der Waals surface area (Å²) in [4.78, 5) is 17.8. The first kappa shape index (κ1) is 18.0. The van der Waals surface area contributed by atoms with E-state index < -0.39 is 18.3 Å². The van der Waals surface area contributed by atoms with E-state index in [0.717, 1.165) is 31.4 Å². The molecule has 0 aliphatic carbocycles. The molecule has 0 saturated carbocycles. The van der Waals surface area contributed by atoms with Gasteiger partial charge in [0.2, 0.25) is 5.91 Å². The number of carbonyl (C=O) groups is 1. The van der Waals surface area contributed by atoms with Crippen molar-refractivity contribution >= 4 is 19.2 Å². The van der Waals surface area contributed by atoms with Crippen LogP contribution in [0.15, 0.2) is 16.7 Å². The number of likely N-dealkylation sites (tertiary alicyclic amines) is 1. The smallest absolute Gasteiger partial charge is 0.405 e. The van der Waals surface area contributed by atoms with Gasteiger partial charge in [-0.25, -0.2) is 0 Å². The largest absolute Gasteiger partial charge is 0.497 e. The van der Waals surface area contributed by atoms with Crippen molar-refractivity contribution in [1.82, 2.24) is 4.90 Å². The quantitative estimate of drug-likeness (QED) is 0.632. The molecule has 2 heterocycles. The highest BCUT2D eigenvalue weighted by Crippen LogP contribution is 2.38. The molecule has 0 aromatic heterocycles. The van der Waals surface area contributed by atoms with Gasteiger partial charge in [-0.3, -0.25) is 9.79 Å². The van der Waals surface area contributed by atoms with Crippen LogP contribution in [0.1, 0.15) is 47.5 Å². The summed E-state index contributed by atoms with van der Waals surface area (Å²) in [6.07, 6.45) is 5.00. The van der Waals surface area contributed by atoms with Gasteiger partial charge in [-0.1, -0.05) is 0 Å². The minimum Gasteiger partial charge on any atom is -0.405 e. The van der Waals surface area contributed by atoms with Crippen LogP contribution >= 0.6 is 0 Å². The van der Waals surface area contributed by atoms with Crippen molar-refractivity contribution in [2.24, 2.45) is 10.7 Å². The number of allylic oxidation sites excluding steroid dienone is 1. The van der Waals surface area contributed by atoms with Gasteiger partial charge in [0.1, 0.15) is 0 Å². The van der Waals surface area contributed by atoms with Crippen molar-refractivity contribution in [3.05, 3.63) is 11.7 Å². The summed E-state index contributed by atoms with van der Waals surface area (Å²) < 4.78 is 12.0. The van der Waals surface area contributed by atoms with E-state index in [2.05, 4.69) is 4.99 Å². The highest BCUT2D eigenvalue weighted by atomic mass is 16.7. The summed E-state index contributed by atoms with van der Waals surface area (Å²) in [5.74, 6) is 0.132. The number of carbonyl (C=O) groups excluding carboxylic acids is 1. The Morgan fingerprint density at radius 3 is 2.17 bits per heavy atom. The molecule has 6 nitrogen and oxygen atoms in total. The van der Waals surface area contributed by atoms with Gasteiger partial charge in [0.05, 0.1) is 17.2 Å². The molecule has 0 aromatic rings. The van der Waals surface area contributed by atoms with E-state index in [0.29, 0.717) is 0 Å². The highest BCUT2D eigenvalue weighted by molar-refractivity contribution is 6.60. The summed E-state index contributed by atoms with van der Waals surface area (Å²) in [7, 11) is -0.494. The van der Waals surface area contributed by atoms with E-state index in [4.69, 9.17) is 15.0 Å². The molecular formula is C16H28BN3O3. The van der Waals surface area contributed by atoms with E-state index in [-0.39, 0.29) is 11.9 Å². The standard InChI is InChI=1S/C16H28BN3O3/c1-12(21)20-8-6-14(7-9-20)19-11-13(10-18)17-22-15(2,3)16(4,5)23-17/h10-11,14H,6-9,18H2,1-5H3. The molecule has 0 atom stereocenters. The number of piperidine rings is 1. The van der Waals surface area contributed by atoms with Crippen molar-refractivity contribution in [1.29, 1.82) is 0 Å². The Morgan fingerprint density at radius 2 is 1.74 bits per heavy atom. The topological polar surface area (TPSA) is 77.2 Å². The van der Waals surface area contributed by atoms with Crippen molar-refractivity contribution in [2.45, 2.75) is 64.7 Å². The first-order chi connectivity index (χ1) is 10.7. The predicted molar refractivity (Wildman–Crippen MR) is 92.1 cm³/mol. The second-order valence-electron chi connectivity index (χ2n) is 7.27. The van der Waals surface area contributed by atoms with Crippen LogP contribution in [0.3, 0.4) is 0 Å². The Bertz CT molecular complexity index is 493. The molecule has 2 aliphatic rings. The van der Waals surface area contributed by atoms with Gasteiger partial charge in [0.25, 0.3) is 0 Å². The normalized spacial score (nSPS) is 25.3. The zero-order valence-corrected chi connectivity index (χ0v) is 14.8. The van der Waals surface area contributed by atoms with Gasteiger partial charge in [0.15, 0.2) is 0 Å². The Balaban J connectivity index is 1.95. The molecule has 2 rings (SSSR count). The third-order valence-electron chi connectivity index (χ3n) is 5.06. The van der Waals surface area contributed by atoms with E-state index in [1.807, 2.05) is 32.6 Å². The summed E-state index contributed by atoms with van der Waals surface area (Å²) in [6.45, 7) is 11.2. The fraction of sp³-hybridized carbons (Fsp3) is 0.750. The van der Waals surface area contributed by atoms with E-state index in [1.165, 1.54) is 6.20 Å². The molecule has 0 aromatic carbocycles. The SMILES string of the molecule is CC(=O)N1CCC(N=CC(=CN)B2OC(C)(C)C(C)(C)O2)CC1. The van der Waals surface area contributed by atoms with E-state index in [9.17, 15) is 4.79 Å². The lowest BCUT2D eigenvalue weighted by atomic mass is 9.79. The number of aliphatic imine (C=N–C) groups is 1. The molecule has 2 aliphatic heterocycles. The first-order valence-electron chi connectivity index (χ1n) is 8.22. The van der Waals surface area contributed by atoms with Crippen LogP contribution in [0.4, 0.5) is 0 Å². The lowest BCUT2D eigenvalue weighted by molar-refractivity contribution is -0.129. The summed E-state index contributed by atoms with van der Waals surface area (Å²) in [5.41, 5.74) is 5.68. The van der Waals surface area contributed by atoms with Crippen LogP contribution in [0.25, 0.3) is 0 Å². The minimum atomic E-state index is -0.494. The molecular weight excluding hydrogens is 293 g/mol. The molecule has 23 heavy (non-hydrogen) atoms. The third kappa shape index (κ3) is 3.95. The zero-order chi connectivity index (χ0) is 17.3. The van der Waals surface area contributed by atoms with E-state index >= 15 is 0 Å². The monoisotopic (exact) mass is 321 g/mol. The van der Waals surface area contributed by atoms with Crippen LogP contribution in [0.2, 0.25) is 0 Å². The second kappa shape index (κ2) is 6.65. The summed E-state index contributed by atoms with van der Waals surface area (Å²) in [6, 6.07) is 0.211. The lowest BCUT2D eigenvalue weighted by Gasteiger charge is -2.32. The Labute approximate surface area is 139 Å². The maximum atomic E-state index is 11.3. The summed E-state index contributed by atoms with van der Waals surface area (Å²) >= 11 is 0. The Hall–Kier alpha value is -1.34. The molecule has 0 bridgehead atoms. The summed E-state index contributed by atoms with van der Waals surface area (Å²) in [5, 5.41) is 0. The van der Waals surface area contributed by atoms with Gasteiger partial charge >= 0.3 is 7.12 Å². The minimum absolute atomic E-state index is 0.132. The molecule has 7 heteroatoms. The number of hydrogen-bond donors (Lipinski definition) is 1. The van der Waals surface area contributed by atoms with E-state index in [1.54, 1.807) is 13.1 Å². The number of amides is 1. The van der Waals surface area contributed by atoms with Gasteiger partial charge in [-0.2, -0.15) is 0 Å². The van der Waals surface area contributed by atoms with Crippen molar-refractivity contribution in [3.8, 4) is 0 Å². The number of nitrogens with zero attached hydrogens (tertiary/aromatic N) is 2. The molecule has 2 saturated heterocycles. The second-order valence-corrected chi connectivity index (χ2v) is 7.27. The number of nitrogens with two attached hydrogens (primary N) is 1. The molecule has 0 radical (unpaired) electrons. The van der Waals surface area contributed by atoms with Gasteiger partial charge in [-0.05, 0) is 46.7 Å². The highest BCUT2D eigenvalue weighted by Gasteiger charge is 2.52. The number of hydrogen-bond acceptors (Lipinski definition) is 5. The first-order valence-corrected chi connectivity index (χ1v) is 8.22. The molecule has 2 N–H and O–H groups in total. The average molecular weight is 321 g/mol. The Kier molecular flexibility index (Phi) is 5.21. The van der Waals surface area contributed by atoms with Crippen LogP contribution < -0.4 is 5.73 Å². The van der Waals surface area contributed by atoms with Crippen molar-refractivity contribution < 1.29 is 14.1 Å². The fourth-order valence-corrected chi connectivity index (χ4v) is 2.68. The average Bonchev–Trinajstić information content (AvgIpc) is 2.68. The van der Waals surface area contributed by atoms with Crippen LogP contribution in [-0.2, 0) is 14.1 Å². The third-order valence-corrected chi connectivity index (χ3v) is 5.06. The number of rotatable bonds is 3. The maximum Gasteiger partial charge on any atom is 0.497 e. The van der Waals surface area contributed by atoms with Gasteiger partial charge in [-0.15, -0.1) is 0 Å². The zero-order valence-electron chi connectivity index (χ0n) is 14.8. The fourth-order valence-electron chi connectivity index (χ4n) is 2.68.